The Morgan fingerprint density at radius 2 is 2.10 bits per heavy atom. The molecule has 0 amide bonds. The molecule has 6 heteroatoms. The van der Waals surface area contributed by atoms with Crippen LogP contribution in [0.1, 0.15) is 25.8 Å². The number of carbonyl (C=O) groups is 1. The number of hydrogen-bond acceptors (Lipinski definition) is 5. The van der Waals surface area contributed by atoms with Gasteiger partial charge >= 0.3 is 11.7 Å². The molecule has 0 atom stereocenters. The molecule has 0 aliphatic heterocycles. The van der Waals surface area contributed by atoms with Gasteiger partial charge in [0.15, 0.2) is 5.75 Å². The summed E-state index contributed by atoms with van der Waals surface area (Å²) in [5, 5.41) is 11.0. The highest BCUT2D eigenvalue weighted by Crippen LogP contribution is 2.28. The molecule has 6 nitrogen and oxygen atoms in total. The van der Waals surface area contributed by atoms with Crippen LogP contribution in [0.3, 0.4) is 0 Å². The molecule has 0 aliphatic rings. The number of hydrogen-bond donors (Lipinski definition) is 0. The molecule has 0 saturated heterocycles. The first-order valence-electron chi connectivity index (χ1n) is 6.41. The summed E-state index contributed by atoms with van der Waals surface area (Å²) in [4.78, 5) is 21.7. The van der Waals surface area contributed by atoms with Crippen molar-refractivity contribution in [3.63, 3.8) is 0 Å². The number of nitro benzene ring substituents is 1. The molecule has 0 aromatic heterocycles. The third-order valence-corrected chi connectivity index (χ3v) is 2.75. The van der Waals surface area contributed by atoms with Gasteiger partial charge in [-0.1, -0.05) is 19.9 Å². The minimum atomic E-state index is -0.508. The molecule has 0 fully saturated rings. The summed E-state index contributed by atoms with van der Waals surface area (Å²) in [6.45, 7) is 4.53. The molecule has 0 spiro atoms. The average molecular weight is 281 g/mol. The third kappa shape index (κ3) is 4.87. The van der Waals surface area contributed by atoms with Gasteiger partial charge in [-0.2, -0.15) is 0 Å². The van der Waals surface area contributed by atoms with E-state index in [2.05, 4.69) is 18.6 Å². The van der Waals surface area contributed by atoms with Crippen molar-refractivity contribution in [2.24, 2.45) is 5.92 Å². The Bertz CT molecular complexity index is 484. The summed E-state index contributed by atoms with van der Waals surface area (Å²) in [7, 11) is 1.28. The number of nitro groups is 1. The van der Waals surface area contributed by atoms with E-state index in [9.17, 15) is 14.9 Å². The summed E-state index contributed by atoms with van der Waals surface area (Å²) in [6.07, 6.45) is 0.824. The summed E-state index contributed by atoms with van der Waals surface area (Å²) in [5.41, 5.74) is 0.398. The van der Waals surface area contributed by atoms with Crippen LogP contribution in [0.4, 0.5) is 5.69 Å². The van der Waals surface area contributed by atoms with E-state index < -0.39 is 10.9 Å². The van der Waals surface area contributed by atoms with Crippen LogP contribution in [0.15, 0.2) is 18.2 Å². The summed E-state index contributed by atoms with van der Waals surface area (Å²) < 4.78 is 9.97. The number of methoxy groups -OCH3 is 1. The lowest BCUT2D eigenvalue weighted by Crippen LogP contribution is -2.06. The van der Waals surface area contributed by atoms with Crippen molar-refractivity contribution in [3.05, 3.63) is 33.9 Å². The Morgan fingerprint density at radius 3 is 2.65 bits per heavy atom. The van der Waals surface area contributed by atoms with Gasteiger partial charge < -0.3 is 9.47 Å². The molecule has 0 radical (unpaired) electrons. The van der Waals surface area contributed by atoms with Crippen LogP contribution in [0.25, 0.3) is 0 Å². The summed E-state index contributed by atoms with van der Waals surface area (Å²) >= 11 is 0. The second-order valence-corrected chi connectivity index (χ2v) is 4.84. The maximum atomic E-state index is 11.2. The molecular formula is C14H19NO5. The predicted molar refractivity (Wildman–Crippen MR) is 73.8 cm³/mol. The predicted octanol–water partition coefficient (Wildman–Crippen LogP) is 2.74. The van der Waals surface area contributed by atoms with Gasteiger partial charge in [-0.15, -0.1) is 0 Å². The van der Waals surface area contributed by atoms with E-state index in [-0.39, 0.29) is 17.9 Å². The number of ether oxygens (including phenoxy) is 2. The van der Waals surface area contributed by atoms with Crippen molar-refractivity contribution in [1.82, 2.24) is 0 Å². The van der Waals surface area contributed by atoms with Crippen LogP contribution >= 0.6 is 0 Å². The molecule has 1 aromatic carbocycles. The molecule has 20 heavy (non-hydrogen) atoms. The lowest BCUT2D eigenvalue weighted by atomic mass is 10.1. The Labute approximate surface area is 117 Å². The lowest BCUT2D eigenvalue weighted by molar-refractivity contribution is -0.385. The first-order chi connectivity index (χ1) is 9.43. The minimum Gasteiger partial charge on any atom is -0.487 e. The zero-order valence-electron chi connectivity index (χ0n) is 11.9. The van der Waals surface area contributed by atoms with E-state index in [1.807, 2.05) is 0 Å². The van der Waals surface area contributed by atoms with Crippen molar-refractivity contribution in [2.45, 2.75) is 26.7 Å². The van der Waals surface area contributed by atoms with Gasteiger partial charge in [0, 0.05) is 6.07 Å². The largest absolute Gasteiger partial charge is 0.487 e. The second kappa shape index (κ2) is 7.47. The molecule has 1 aromatic rings. The molecular weight excluding hydrogens is 262 g/mol. The van der Waals surface area contributed by atoms with Crippen molar-refractivity contribution < 1.29 is 19.2 Å². The smallest absolute Gasteiger partial charge is 0.311 e. The van der Waals surface area contributed by atoms with E-state index >= 15 is 0 Å². The van der Waals surface area contributed by atoms with E-state index in [0.717, 1.165) is 6.42 Å². The Morgan fingerprint density at radius 1 is 1.40 bits per heavy atom. The Balaban J connectivity index is 2.84. The number of rotatable bonds is 7. The molecule has 1 rings (SSSR count). The number of carbonyl (C=O) groups excluding carboxylic acids is 1. The van der Waals surface area contributed by atoms with Gasteiger partial charge in [0.1, 0.15) is 0 Å². The van der Waals surface area contributed by atoms with E-state index in [1.54, 1.807) is 6.07 Å². The fourth-order valence-electron chi connectivity index (χ4n) is 1.58. The molecule has 0 unspecified atom stereocenters. The summed E-state index contributed by atoms with van der Waals surface area (Å²) in [5.74, 6) is 0.254. The number of benzene rings is 1. The van der Waals surface area contributed by atoms with Crippen molar-refractivity contribution in [3.8, 4) is 5.75 Å². The number of esters is 1. The maximum Gasteiger partial charge on any atom is 0.311 e. The fourth-order valence-corrected chi connectivity index (χ4v) is 1.58. The highest BCUT2D eigenvalue weighted by Gasteiger charge is 2.17. The SMILES string of the molecule is COC(=O)Cc1ccc(OCCC(C)C)c([N+](=O)[O-])c1. The third-order valence-electron chi connectivity index (χ3n) is 2.75. The van der Waals surface area contributed by atoms with Crippen LogP contribution < -0.4 is 4.74 Å². The zero-order chi connectivity index (χ0) is 15.1. The lowest BCUT2D eigenvalue weighted by Gasteiger charge is -2.09. The second-order valence-electron chi connectivity index (χ2n) is 4.84. The molecule has 0 heterocycles. The van der Waals surface area contributed by atoms with E-state index in [0.29, 0.717) is 18.1 Å². The molecule has 110 valence electrons. The van der Waals surface area contributed by atoms with Gasteiger partial charge in [-0.05, 0) is 24.0 Å². The van der Waals surface area contributed by atoms with E-state index in [1.165, 1.54) is 19.2 Å². The minimum absolute atomic E-state index is 0.00359. The van der Waals surface area contributed by atoms with Gasteiger partial charge in [-0.25, -0.2) is 0 Å². The van der Waals surface area contributed by atoms with Crippen molar-refractivity contribution >= 4 is 11.7 Å². The fraction of sp³-hybridized carbons (Fsp3) is 0.500. The van der Waals surface area contributed by atoms with E-state index in [4.69, 9.17) is 4.74 Å². The highest BCUT2D eigenvalue weighted by atomic mass is 16.6. The molecule has 0 N–H and O–H groups in total. The maximum absolute atomic E-state index is 11.2. The van der Waals surface area contributed by atoms with Gasteiger partial charge in [0.2, 0.25) is 0 Å². The number of nitrogens with zero attached hydrogens (tertiary/aromatic N) is 1. The standard InChI is InChI=1S/C14H19NO5/c1-10(2)6-7-20-13-5-4-11(9-14(16)19-3)8-12(13)15(17)18/h4-5,8,10H,6-7,9H2,1-3H3. The molecule has 0 saturated carbocycles. The normalized spacial score (nSPS) is 10.4. The topological polar surface area (TPSA) is 78.7 Å². The van der Waals surface area contributed by atoms with Crippen molar-refractivity contribution in [1.29, 1.82) is 0 Å². The zero-order valence-corrected chi connectivity index (χ0v) is 11.9. The van der Waals surface area contributed by atoms with Gasteiger partial charge in [0.25, 0.3) is 0 Å². The van der Waals surface area contributed by atoms with Gasteiger partial charge in [0.05, 0.1) is 25.1 Å². The highest BCUT2D eigenvalue weighted by molar-refractivity contribution is 5.73. The molecule has 0 aliphatic carbocycles. The quantitative estimate of drug-likeness (QED) is 0.436. The monoisotopic (exact) mass is 281 g/mol. The van der Waals surface area contributed by atoms with Crippen LogP contribution in [-0.2, 0) is 16.0 Å². The Hall–Kier alpha value is -2.11. The van der Waals surface area contributed by atoms with Crippen LogP contribution in [0.2, 0.25) is 0 Å². The van der Waals surface area contributed by atoms with Crippen LogP contribution in [0, 0.1) is 16.0 Å². The average Bonchev–Trinajstić information content (AvgIpc) is 2.39. The van der Waals surface area contributed by atoms with Crippen LogP contribution in [0.5, 0.6) is 5.75 Å². The van der Waals surface area contributed by atoms with Gasteiger partial charge in [-0.3, -0.25) is 14.9 Å². The first kappa shape index (κ1) is 15.9. The Kier molecular flexibility index (Phi) is 5.96. The van der Waals surface area contributed by atoms with Crippen LogP contribution in [-0.4, -0.2) is 24.6 Å². The van der Waals surface area contributed by atoms with Crippen molar-refractivity contribution in [2.75, 3.05) is 13.7 Å². The summed E-state index contributed by atoms with van der Waals surface area (Å²) in [6, 6.07) is 4.51. The molecule has 0 bridgehead atoms. The first-order valence-corrected chi connectivity index (χ1v) is 6.41.